The van der Waals surface area contributed by atoms with Crippen LogP contribution in [-0.2, 0) is 0 Å². The number of rotatable bonds is 2. The van der Waals surface area contributed by atoms with Gasteiger partial charge in [-0.25, -0.2) is 0 Å². The van der Waals surface area contributed by atoms with Gasteiger partial charge >= 0.3 is 0 Å². The average Bonchev–Trinajstić information content (AvgIpc) is 2.05. The Balaban J connectivity index is 2.07. The van der Waals surface area contributed by atoms with Crippen molar-refractivity contribution < 1.29 is 0 Å². The molecule has 1 heterocycles. The molecule has 0 radical (unpaired) electrons. The minimum absolute atomic E-state index is 0.784. The van der Waals surface area contributed by atoms with E-state index in [1.165, 1.54) is 5.69 Å². The lowest BCUT2D eigenvalue weighted by Crippen LogP contribution is -2.49. The Morgan fingerprint density at radius 1 is 1.40 bits per heavy atom. The number of nitrogens with zero attached hydrogens (tertiary/aromatic N) is 1. The molecular formula is C12H15BrClN. The quantitative estimate of drug-likeness (QED) is 0.788. The van der Waals surface area contributed by atoms with Crippen LogP contribution in [-0.4, -0.2) is 13.1 Å². The molecule has 0 N–H and O–H groups in total. The average molecular weight is 289 g/mol. The van der Waals surface area contributed by atoms with E-state index in [0.29, 0.717) is 0 Å². The van der Waals surface area contributed by atoms with Crippen molar-refractivity contribution in [2.75, 3.05) is 18.0 Å². The van der Waals surface area contributed by atoms with E-state index in [-0.39, 0.29) is 0 Å². The molecule has 0 amide bonds. The summed E-state index contributed by atoms with van der Waals surface area (Å²) in [7, 11) is 0. The molecule has 1 saturated heterocycles. The molecule has 0 aliphatic carbocycles. The summed E-state index contributed by atoms with van der Waals surface area (Å²) in [6.45, 7) is 6.91. The van der Waals surface area contributed by atoms with E-state index in [0.717, 1.165) is 34.4 Å². The first-order chi connectivity index (χ1) is 7.08. The largest absolute Gasteiger partial charge is 0.370 e. The molecule has 1 nitrogen and oxygen atoms in total. The molecule has 0 unspecified atom stereocenters. The van der Waals surface area contributed by atoms with E-state index >= 15 is 0 Å². The Labute approximate surface area is 105 Å². The molecule has 1 aliphatic heterocycles. The monoisotopic (exact) mass is 287 g/mol. The van der Waals surface area contributed by atoms with Crippen molar-refractivity contribution in [3.8, 4) is 0 Å². The van der Waals surface area contributed by atoms with E-state index in [9.17, 15) is 0 Å². The maximum absolute atomic E-state index is 5.91. The van der Waals surface area contributed by atoms with Crippen LogP contribution < -0.4 is 4.90 Å². The fourth-order valence-corrected chi connectivity index (χ4v) is 2.80. The standard InChI is InChI=1S/C12H15BrClN/c1-8(2)9-6-15(7-9)12-4-3-10(14)5-11(12)13/h3-5,8-9H,6-7H2,1-2H3. The molecular weight excluding hydrogens is 273 g/mol. The van der Waals surface area contributed by atoms with Crippen LogP contribution in [0, 0.1) is 11.8 Å². The second-order valence-electron chi connectivity index (χ2n) is 4.50. The third kappa shape index (κ3) is 2.31. The molecule has 1 aromatic rings. The zero-order valence-corrected chi connectivity index (χ0v) is 11.3. The van der Waals surface area contributed by atoms with Gasteiger partial charge in [0.2, 0.25) is 0 Å². The lowest BCUT2D eigenvalue weighted by Gasteiger charge is -2.43. The molecule has 0 saturated carbocycles. The van der Waals surface area contributed by atoms with Crippen LogP contribution in [0.1, 0.15) is 13.8 Å². The van der Waals surface area contributed by atoms with Gasteiger partial charge in [-0.2, -0.15) is 0 Å². The van der Waals surface area contributed by atoms with E-state index in [1.807, 2.05) is 12.1 Å². The summed E-state index contributed by atoms with van der Waals surface area (Å²) in [4.78, 5) is 2.39. The van der Waals surface area contributed by atoms with Gasteiger partial charge in [-0.05, 0) is 46.0 Å². The van der Waals surface area contributed by atoms with Crippen molar-refractivity contribution >= 4 is 33.2 Å². The molecule has 2 rings (SSSR count). The number of halogens is 2. The van der Waals surface area contributed by atoms with Gasteiger partial charge in [0.1, 0.15) is 0 Å². The van der Waals surface area contributed by atoms with Gasteiger partial charge in [0, 0.05) is 22.6 Å². The number of hydrogen-bond acceptors (Lipinski definition) is 1. The third-order valence-corrected chi connectivity index (χ3v) is 3.97. The predicted octanol–water partition coefficient (Wildman–Crippen LogP) is 4.19. The molecule has 1 fully saturated rings. The van der Waals surface area contributed by atoms with E-state index in [1.54, 1.807) is 0 Å². The summed E-state index contributed by atoms with van der Waals surface area (Å²) in [6, 6.07) is 5.99. The molecule has 0 bridgehead atoms. The summed E-state index contributed by atoms with van der Waals surface area (Å²) < 4.78 is 1.09. The number of benzene rings is 1. The van der Waals surface area contributed by atoms with Crippen molar-refractivity contribution in [2.45, 2.75) is 13.8 Å². The lowest BCUT2D eigenvalue weighted by atomic mass is 9.88. The Hall–Kier alpha value is -0.210. The highest BCUT2D eigenvalue weighted by Gasteiger charge is 2.29. The maximum Gasteiger partial charge on any atom is 0.0511 e. The van der Waals surface area contributed by atoms with Crippen LogP contribution in [0.15, 0.2) is 22.7 Å². The van der Waals surface area contributed by atoms with Gasteiger partial charge in [-0.1, -0.05) is 25.4 Å². The molecule has 1 aromatic carbocycles. The highest BCUT2D eigenvalue weighted by Crippen LogP contribution is 2.35. The van der Waals surface area contributed by atoms with Gasteiger partial charge in [-0.3, -0.25) is 0 Å². The Bertz CT molecular complexity index is 359. The molecule has 0 atom stereocenters. The van der Waals surface area contributed by atoms with Gasteiger partial charge < -0.3 is 4.90 Å². The molecule has 3 heteroatoms. The van der Waals surface area contributed by atoms with Crippen LogP contribution >= 0.6 is 27.5 Å². The van der Waals surface area contributed by atoms with E-state index in [2.05, 4.69) is 40.7 Å². The SMILES string of the molecule is CC(C)C1CN(c2ccc(Cl)cc2Br)C1. The summed E-state index contributed by atoms with van der Waals surface area (Å²) in [5, 5.41) is 0.784. The molecule has 1 aliphatic rings. The van der Waals surface area contributed by atoms with Gasteiger partial charge in [0.05, 0.1) is 5.69 Å². The second-order valence-corrected chi connectivity index (χ2v) is 5.80. The van der Waals surface area contributed by atoms with Gasteiger partial charge in [0.15, 0.2) is 0 Å². The molecule has 0 spiro atoms. The molecule has 15 heavy (non-hydrogen) atoms. The molecule has 82 valence electrons. The van der Waals surface area contributed by atoms with Crippen LogP contribution in [0.5, 0.6) is 0 Å². The Kier molecular flexibility index (Phi) is 3.27. The predicted molar refractivity (Wildman–Crippen MR) is 69.7 cm³/mol. The minimum atomic E-state index is 0.784. The summed E-state index contributed by atoms with van der Waals surface area (Å²) in [5.41, 5.74) is 1.26. The van der Waals surface area contributed by atoms with Crippen LogP contribution in [0.2, 0.25) is 5.02 Å². The maximum atomic E-state index is 5.91. The zero-order chi connectivity index (χ0) is 11.0. The van der Waals surface area contributed by atoms with Crippen molar-refractivity contribution in [1.29, 1.82) is 0 Å². The topological polar surface area (TPSA) is 3.24 Å². The first-order valence-electron chi connectivity index (χ1n) is 5.28. The normalized spacial score (nSPS) is 17.0. The highest BCUT2D eigenvalue weighted by molar-refractivity contribution is 9.10. The smallest absolute Gasteiger partial charge is 0.0511 e. The Morgan fingerprint density at radius 3 is 2.60 bits per heavy atom. The summed E-state index contributed by atoms with van der Waals surface area (Å²) in [5.74, 6) is 1.62. The number of hydrogen-bond donors (Lipinski definition) is 0. The van der Waals surface area contributed by atoms with Gasteiger partial charge in [-0.15, -0.1) is 0 Å². The first kappa shape index (κ1) is 11.3. The third-order valence-electron chi connectivity index (χ3n) is 3.10. The van der Waals surface area contributed by atoms with Crippen molar-refractivity contribution in [1.82, 2.24) is 0 Å². The van der Waals surface area contributed by atoms with E-state index < -0.39 is 0 Å². The summed E-state index contributed by atoms with van der Waals surface area (Å²) in [6.07, 6.45) is 0. The van der Waals surface area contributed by atoms with E-state index in [4.69, 9.17) is 11.6 Å². The fraction of sp³-hybridized carbons (Fsp3) is 0.500. The van der Waals surface area contributed by atoms with Gasteiger partial charge in [0.25, 0.3) is 0 Å². The zero-order valence-electron chi connectivity index (χ0n) is 9.00. The van der Waals surface area contributed by atoms with Crippen molar-refractivity contribution in [3.63, 3.8) is 0 Å². The highest BCUT2D eigenvalue weighted by atomic mass is 79.9. The lowest BCUT2D eigenvalue weighted by molar-refractivity contribution is 0.309. The molecule has 0 aromatic heterocycles. The van der Waals surface area contributed by atoms with Crippen molar-refractivity contribution in [3.05, 3.63) is 27.7 Å². The van der Waals surface area contributed by atoms with Crippen LogP contribution in [0.4, 0.5) is 5.69 Å². The first-order valence-corrected chi connectivity index (χ1v) is 6.45. The fourth-order valence-electron chi connectivity index (χ4n) is 1.87. The van der Waals surface area contributed by atoms with Crippen LogP contribution in [0.3, 0.4) is 0 Å². The minimum Gasteiger partial charge on any atom is -0.370 e. The second kappa shape index (κ2) is 4.34. The van der Waals surface area contributed by atoms with Crippen molar-refractivity contribution in [2.24, 2.45) is 11.8 Å². The van der Waals surface area contributed by atoms with Crippen LogP contribution in [0.25, 0.3) is 0 Å². The number of anilines is 1. The Morgan fingerprint density at radius 2 is 2.07 bits per heavy atom. The summed E-state index contributed by atoms with van der Waals surface area (Å²) >= 11 is 9.47.